The number of amides is 1. The topological polar surface area (TPSA) is 83.9 Å². The van der Waals surface area contributed by atoms with Crippen LogP contribution in [0.15, 0.2) is 53.4 Å². The number of hydrogen-bond acceptors (Lipinski definition) is 6. The molecule has 2 aromatic rings. The second-order valence-corrected chi connectivity index (χ2v) is 9.69. The number of carbonyl (C=O) groups excluding carboxylic acids is 1. The highest BCUT2D eigenvalue weighted by atomic mass is 35.5. The van der Waals surface area contributed by atoms with Gasteiger partial charge < -0.3 is 4.74 Å². The summed E-state index contributed by atoms with van der Waals surface area (Å²) < 4.78 is 36.9. The largest absolute Gasteiger partial charge is 0.488 e. The molecule has 1 fully saturated rings. The normalized spacial score (nSPS) is 15.9. The van der Waals surface area contributed by atoms with E-state index in [2.05, 4.69) is 0 Å². The maximum absolute atomic E-state index is 12.6. The minimum absolute atomic E-state index is 0.203. The molecule has 0 saturated carbocycles. The SMILES string of the molecule is O=C1/C(=C/c2ccccc2OCc2ccccc2Cl)SC(=S)N1CCS(=O)(=O)O. The van der Waals surface area contributed by atoms with Crippen LogP contribution in [0.1, 0.15) is 11.1 Å². The lowest BCUT2D eigenvalue weighted by atomic mass is 10.1. The van der Waals surface area contributed by atoms with E-state index >= 15 is 0 Å². The van der Waals surface area contributed by atoms with Crippen molar-refractivity contribution in [3.05, 3.63) is 69.6 Å². The quantitative estimate of drug-likeness (QED) is 0.372. The summed E-state index contributed by atoms with van der Waals surface area (Å²) in [6, 6.07) is 14.6. The number of ether oxygens (including phenoxy) is 1. The lowest BCUT2D eigenvalue weighted by Crippen LogP contribution is -2.32. The number of rotatable bonds is 7. The van der Waals surface area contributed by atoms with E-state index in [4.69, 9.17) is 33.1 Å². The smallest absolute Gasteiger partial charge is 0.266 e. The second kappa shape index (κ2) is 9.27. The lowest BCUT2D eigenvalue weighted by molar-refractivity contribution is -0.121. The van der Waals surface area contributed by atoms with Crippen molar-refractivity contribution in [1.82, 2.24) is 4.90 Å². The first-order chi connectivity index (χ1) is 13.7. The number of thioether (sulfide) groups is 1. The van der Waals surface area contributed by atoms with Crippen LogP contribution in [-0.4, -0.2) is 40.4 Å². The lowest BCUT2D eigenvalue weighted by Gasteiger charge is -2.13. The molecule has 1 N–H and O–H groups in total. The maximum atomic E-state index is 12.6. The van der Waals surface area contributed by atoms with Gasteiger partial charge in [-0.2, -0.15) is 8.42 Å². The molecule has 0 aromatic heterocycles. The highest BCUT2D eigenvalue weighted by Crippen LogP contribution is 2.34. The number of halogens is 1. The van der Waals surface area contributed by atoms with E-state index < -0.39 is 21.8 Å². The number of thiocarbonyl (C=S) groups is 1. The molecule has 29 heavy (non-hydrogen) atoms. The van der Waals surface area contributed by atoms with Crippen molar-refractivity contribution in [3.8, 4) is 5.75 Å². The van der Waals surface area contributed by atoms with Gasteiger partial charge in [0.2, 0.25) is 0 Å². The molecule has 1 amide bonds. The van der Waals surface area contributed by atoms with E-state index in [0.717, 1.165) is 22.2 Å². The average molecular weight is 470 g/mol. The van der Waals surface area contributed by atoms with Crippen molar-refractivity contribution in [2.45, 2.75) is 6.61 Å². The molecular formula is C19H16ClNO5S3. The van der Waals surface area contributed by atoms with Crippen LogP contribution in [0.2, 0.25) is 5.02 Å². The summed E-state index contributed by atoms with van der Waals surface area (Å²) in [4.78, 5) is 14.1. The average Bonchev–Trinajstić information content (AvgIpc) is 2.93. The third kappa shape index (κ3) is 5.80. The van der Waals surface area contributed by atoms with Crippen molar-refractivity contribution in [2.24, 2.45) is 0 Å². The van der Waals surface area contributed by atoms with Gasteiger partial charge in [-0.15, -0.1) is 0 Å². The summed E-state index contributed by atoms with van der Waals surface area (Å²) in [7, 11) is -4.19. The summed E-state index contributed by atoms with van der Waals surface area (Å²) in [6.45, 7) is 0.0609. The van der Waals surface area contributed by atoms with Gasteiger partial charge in [-0.3, -0.25) is 14.2 Å². The highest BCUT2D eigenvalue weighted by molar-refractivity contribution is 8.26. The van der Waals surface area contributed by atoms with Crippen LogP contribution in [0.5, 0.6) is 5.75 Å². The molecule has 1 saturated heterocycles. The molecule has 1 heterocycles. The molecule has 1 aliphatic rings. The van der Waals surface area contributed by atoms with Gasteiger partial charge in [-0.25, -0.2) is 0 Å². The Morgan fingerprint density at radius 1 is 1.17 bits per heavy atom. The number of nitrogens with zero attached hydrogens (tertiary/aromatic N) is 1. The van der Waals surface area contributed by atoms with E-state index in [1.807, 2.05) is 30.3 Å². The van der Waals surface area contributed by atoms with Crippen molar-refractivity contribution in [3.63, 3.8) is 0 Å². The van der Waals surface area contributed by atoms with Crippen LogP contribution >= 0.6 is 35.6 Å². The van der Waals surface area contributed by atoms with Crippen molar-refractivity contribution >= 4 is 62.0 Å². The van der Waals surface area contributed by atoms with Crippen LogP contribution < -0.4 is 4.74 Å². The number of para-hydroxylation sites is 1. The Balaban J connectivity index is 1.77. The molecule has 0 aliphatic carbocycles. The van der Waals surface area contributed by atoms with Gasteiger partial charge in [-0.1, -0.05) is 72.0 Å². The summed E-state index contributed by atoms with van der Waals surface area (Å²) in [5.41, 5.74) is 1.51. The summed E-state index contributed by atoms with van der Waals surface area (Å²) >= 11 is 12.4. The minimum Gasteiger partial charge on any atom is -0.488 e. The Labute approximate surface area is 183 Å². The molecule has 0 atom stereocenters. The first-order valence-corrected chi connectivity index (χ1v) is 11.6. The summed E-state index contributed by atoms with van der Waals surface area (Å²) in [5.74, 6) is -0.426. The van der Waals surface area contributed by atoms with Gasteiger partial charge in [0.15, 0.2) is 0 Å². The zero-order chi connectivity index (χ0) is 21.0. The van der Waals surface area contributed by atoms with Gasteiger partial charge in [0.05, 0.1) is 10.7 Å². The van der Waals surface area contributed by atoms with E-state index in [1.54, 1.807) is 24.3 Å². The Hall–Kier alpha value is -1.91. The zero-order valence-corrected chi connectivity index (χ0v) is 18.2. The summed E-state index contributed by atoms with van der Waals surface area (Å²) in [5, 5.41) is 0.602. The molecular weight excluding hydrogens is 454 g/mol. The first kappa shape index (κ1) is 21.8. The molecule has 3 rings (SSSR count). The molecule has 0 spiro atoms. The Bertz CT molecular complexity index is 1080. The second-order valence-electron chi connectivity index (χ2n) is 6.04. The molecule has 10 heteroatoms. The Morgan fingerprint density at radius 2 is 1.86 bits per heavy atom. The van der Waals surface area contributed by atoms with Gasteiger partial charge in [0, 0.05) is 22.7 Å². The van der Waals surface area contributed by atoms with Gasteiger partial charge in [0.1, 0.15) is 16.7 Å². The zero-order valence-electron chi connectivity index (χ0n) is 14.9. The maximum Gasteiger partial charge on any atom is 0.266 e. The van der Waals surface area contributed by atoms with Gasteiger partial charge >= 0.3 is 0 Å². The van der Waals surface area contributed by atoms with Crippen molar-refractivity contribution in [2.75, 3.05) is 12.3 Å². The number of carbonyl (C=O) groups is 1. The predicted octanol–water partition coefficient (Wildman–Crippen LogP) is 4.01. The van der Waals surface area contributed by atoms with E-state index in [-0.39, 0.29) is 17.5 Å². The Morgan fingerprint density at radius 3 is 2.59 bits per heavy atom. The van der Waals surface area contributed by atoms with E-state index in [1.165, 1.54) is 0 Å². The highest BCUT2D eigenvalue weighted by Gasteiger charge is 2.32. The Kier molecular flexibility index (Phi) is 6.97. The fourth-order valence-electron chi connectivity index (χ4n) is 2.54. The van der Waals surface area contributed by atoms with Crippen molar-refractivity contribution < 1.29 is 22.5 Å². The van der Waals surface area contributed by atoms with Crippen LogP contribution in [0, 0.1) is 0 Å². The molecule has 0 radical (unpaired) electrons. The fourth-order valence-corrected chi connectivity index (χ4v) is 4.45. The van der Waals surface area contributed by atoms with Gasteiger partial charge in [-0.05, 0) is 18.2 Å². The summed E-state index contributed by atoms with van der Waals surface area (Å²) in [6.07, 6.45) is 1.65. The molecule has 0 unspecified atom stereocenters. The number of benzene rings is 2. The fraction of sp³-hybridized carbons (Fsp3) is 0.158. The molecule has 1 aliphatic heterocycles. The van der Waals surface area contributed by atoms with Crippen molar-refractivity contribution in [1.29, 1.82) is 0 Å². The van der Waals surface area contributed by atoms with Crippen LogP contribution in [0.4, 0.5) is 0 Å². The van der Waals surface area contributed by atoms with Crippen LogP contribution in [0.25, 0.3) is 6.08 Å². The first-order valence-electron chi connectivity index (χ1n) is 8.40. The standard InChI is InChI=1S/C19H16ClNO5S3/c20-15-7-3-1-6-14(15)12-26-16-8-4-2-5-13(16)11-17-18(22)21(19(27)28-17)9-10-29(23,24)25/h1-8,11H,9-10,12H2,(H,23,24,25)/b17-11-. The van der Waals surface area contributed by atoms with Crippen LogP contribution in [0.3, 0.4) is 0 Å². The molecule has 152 valence electrons. The van der Waals surface area contributed by atoms with E-state index in [0.29, 0.717) is 21.2 Å². The van der Waals surface area contributed by atoms with E-state index in [9.17, 15) is 13.2 Å². The van der Waals surface area contributed by atoms with Crippen LogP contribution in [-0.2, 0) is 21.5 Å². The predicted molar refractivity (Wildman–Crippen MR) is 119 cm³/mol. The minimum atomic E-state index is -4.19. The monoisotopic (exact) mass is 469 g/mol. The third-order valence-electron chi connectivity index (χ3n) is 3.99. The molecule has 2 aromatic carbocycles. The molecule has 6 nitrogen and oxygen atoms in total. The van der Waals surface area contributed by atoms with Gasteiger partial charge in [0.25, 0.3) is 16.0 Å². The third-order valence-corrected chi connectivity index (χ3v) is 6.44. The molecule has 0 bridgehead atoms. The number of hydrogen-bond donors (Lipinski definition) is 1.